The zero-order chi connectivity index (χ0) is 7.84. The first kappa shape index (κ1) is 5.96. The van der Waals surface area contributed by atoms with E-state index in [-0.39, 0.29) is 0 Å². The SMILES string of the molecule is Nc1nn(N)c2ncccc12. The van der Waals surface area contributed by atoms with Gasteiger partial charge in [0.2, 0.25) is 0 Å². The van der Waals surface area contributed by atoms with E-state index in [9.17, 15) is 0 Å². The van der Waals surface area contributed by atoms with Crippen LogP contribution in [0.2, 0.25) is 0 Å². The van der Waals surface area contributed by atoms with Crippen molar-refractivity contribution in [2.75, 3.05) is 11.6 Å². The third kappa shape index (κ3) is 0.706. The normalized spacial score (nSPS) is 10.5. The van der Waals surface area contributed by atoms with Crippen molar-refractivity contribution in [1.29, 1.82) is 0 Å². The van der Waals surface area contributed by atoms with Crippen LogP contribution in [0.25, 0.3) is 11.0 Å². The molecule has 2 aromatic rings. The molecule has 0 fully saturated rings. The molecule has 0 saturated carbocycles. The van der Waals surface area contributed by atoms with E-state index in [1.807, 2.05) is 6.07 Å². The van der Waals surface area contributed by atoms with E-state index in [1.165, 1.54) is 4.79 Å². The molecule has 0 saturated heterocycles. The van der Waals surface area contributed by atoms with E-state index in [0.29, 0.717) is 11.5 Å². The Morgan fingerprint density at radius 1 is 1.45 bits per heavy atom. The maximum absolute atomic E-state index is 5.53. The smallest absolute Gasteiger partial charge is 0.182 e. The minimum absolute atomic E-state index is 0.413. The van der Waals surface area contributed by atoms with Crippen LogP contribution in [-0.2, 0) is 0 Å². The van der Waals surface area contributed by atoms with Gasteiger partial charge in [-0.3, -0.25) is 0 Å². The maximum atomic E-state index is 5.53. The van der Waals surface area contributed by atoms with Crippen molar-refractivity contribution in [3.8, 4) is 0 Å². The molecule has 0 aliphatic carbocycles. The second-order valence-corrected chi connectivity index (χ2v) is 2.20. The molecule has 0 unspecified atom stereocenters. The highest BCUT2D eigenvalue weighted by atomic mass is 15.5. The van der Waals surface area contributed by atoms with Crippen molar-refractivity contribution in [2.24, 2.45) is 0 Å². The van der Waals surface area contributed by atoms with E-state index in [0.717, 1.165) is 5.39 Å². The van der Waals surface area contributed by atoms with Crippen molar-refractivity contribution in [2.45, 2.75) is 0 Å². The topological polar surface area (TPSA) is 82.8 Å². The number of rotatable bonds is 0. The van der Waals surface area contributed by atoms with Crippen molar-refractivity contribution >= 4 is 16.9 Å². The predicted octanol–water partition coefficient (Wildman–Crippen LogP) is -0.273. The van der Waals surface area contributed by atoms with E-state index >= 15 is 0 Å². The lowest BCUT2D eigenvalue weighted by atomic mass is 10.3. The molecule has 0 atom stereocenters. The number of nitrogens with two attached hydrogens (primary N) is 2. The van der Waals surface area contributed by atoms with Crippen LogP contribution in [0.4, 0.5) is 5.82 Å². The van der Waals surface area contributed by atoms with Crippen molar-refractivity contribution in [3.63, 3.8) is 0 Å². The van der Waals surface area contributed by atoms with Crippen molar-refractivity contribution in [1.82, 2.24) is 14.9 Å². The Bertz CT molecular complexity index is 355. The average Bonchev–Trinajstić information content (AvgIpc) is 2.30. The molecule has 56 valence electrons. The van der Waals surface area contributed by atoms with Crippen LogP contribution in [0.5, 0.6) is 0 Å². The maximum Gasteiger partial charge on any atom is 0.182 e. The van der Waals surface area contributed by atoms with Crippen LogP contribution in [0.3, 0.4) is 0 Å². The molecule has 2 aromatic heterocycles. The molecule has 2 heterocycles. The van der Waals surface area contributed by atoms with E-state index in [2.05, 4.69) is 10.1 Å². The zero-order valence-corrected chi connectivity index (χ0v) is 5.73. The molecule has 5 nitrogen and oxygen atoms in total. The Kier molecular flexibility index (Phi) is 1.00. The second-order valence-electron chi connectivity index (χ2n) is 2.20. The van der Waals surface area contributed by atoms with Gasteiger partial charge < -0.3 is 11.6 Å². The molecule has 0 aliphatic heterocycles. The molecule has 0 radical (unpaired) electrons. The van der Waals surface area contributed by atoms with E-state index in [4.69, 9.17) is 11.6 Å². The summed E-state index contributed by atoms with van der Waals surface area (Å²) in [7, 11) is 0. The minimum atomic E-state index is 0.413. The van der Waals surface area contributed by atoms with Crippen LogP contribution < -0.4 is 11.6 Å². The number of hydrogen-bond acceptors (Lipinski definition) is 4. The summed E-state index contributed by atoms with van der Waals surface area (Å²) in [5.41, 5.74) is 6.13. The fraction of sp³-hybridized carbons (Fsp3) is 0. The van der Waals surface area contributed by atoms with Crippen LogP contribution in [0, 0.1) is 0 Å². The second kappa shape index (κ2) is 1.85. The van der Waals surface area contributed by atoms with Crippen molar-refractivity contribution in [3.05, 3.63) is 18.3 Å². The third-order valence-electron chi connectivity index (χ3n) is 1.50. The summed E-state index contributed by atoms with van der Waals surface area (Å²) >= 11 is 0. The fourth-order valence-corrected chi connectivity index (χ4v) is 0.997. The van der Waals surface area contributed by atoms with Gasteiger partial charge in [0.05, 0.1) is 5.39 Å². The average molecular weight is 149 g/mol. The van der Waals surface area contributed by atoms with Gasteiger partial charge in [-0.05, 0) is 12.1 Å². The predicted molar refractivity (Wildman–Crippen MR) is 42.1 cm³/mol. The zero-order valence-electron chi connectivity index (χ0n) is 5.73. The van der Waals surface area contributed by atoms with Gasteiger partial charge in [-0.2, -0.15) is 4.79 Å². The summed E-state index contributed by atoms with van der Waals surface area (Å²) in [5.74, 6) is 5.85. The van der Waals surface area contributed by atoms with Gasteiger partial charge in [-0.25, -0.2) is 4.98 Å². The lowest BCUT2D eigenvalue weighted by Gasteiger charge is -1.88. The Morgan fingerprint density at radius 2 is 2.27 bits per heavy atom. The first-order chi connectivity index (χ1) is 5.29. The molecule has 0 aliphatic rings. The van der Waals surface area contributed by atoms with Gasteiger partial charge >= 0.3 is 0 Å². The Labute approximate surface area is 62.6 Å². The largest absolute Gasteiger partial charge is 0.382 e. The quantitative estimate of drug-likeness (QED) is 0.505. The summed E-state index contributed by atoms with van der Waals surface area (Å²) < 4.78 is 0. The highest BCUT2D eigenvalue weighted by molar-refractivity contribution is 5.85. The lowest BCUT2D eigenvalue weighted by molar-refractivity contribution is 0.855. The molecular formula is C6H7N5. The lowest BCUT2D eigenvalue weighted by Crippen LogP contribution is -2.10. The van der Waals surface area contributed by atoms with Crippen LogP contribution in [0.15, 0.2) is 18.3 Å². The summed E-state index contributed by atoms with van der Waals surface area (Å²) in [5, 5.41) is 4.59. The molecule has 0 bridgehead atoms. The highest BCUT2D eigenvalue weighted by Gasteiger charge is 2.04. The molecule has 5 heteroatoms. The van der Waals surface area contributed by atoms with Gasteiger partial charge in [0, 0.05) is 6.20 Å². The standard InChI is InChI=1S/C6H7N5/c7-5-4-2-1-3-9-6(4)11(8)10-5/h1-3H,8H2,(H2,7,10). The number of nitrogen functional groups attached to an aromatic ring is 2. The van der Waals surface area contributed by atoms with Gasteiger partial charge in [-0.1, -0.05) is 0 Å². The van der Waals surface area contributed by atoms with Crippen LogP contribution in [0.1, 0.15) is 0 Å². The number of hydrogen-bond donors (Lipinski definition) is 2. The summed E-state index contributed by atoms with van der Waals surface area (Å²) in [6.07, 6.45) is 1.65. The summed E-state index contributed by atoms with van der Waals surface area (Å²) in [6, 6.07) is 3.62. The Hall–Kier alpha value is -1.78. The first-order valence-electron chi connectivity index (χ1n) is 3.13. The number of pyridine rings is 1. The van der Waals surface area contributed by atoms with Crippen molar-refractivity contribution < 1.29 is 0 Å². The van der Waals surface area contributed by atoms with Crippen LogP contribution >= 0.6 is 0 Å². The molecule has 4 N–H and O–H groups in total. The van der Waals surface area contributed by atoms with Gasteiger partial charge in [0.15, 0.2) is 11.5 Å². The highest BCUT2D eigenvalue weighted by Crippen LogP contribution is 2.14. The summed E-state index contributed by atoms with van der Waals surface area (Å²) in [4.78, 5) is 5.17. The van der Waals surface area contributed by atoms with Crippen LogP contribution in [-0.4, -0.2) is 14.9 Å². The monoisotopic (exact) mass is 149 g/mol. The Balaban J connectivity index is 2.95. The fourth-order valence-electron chi connectivity index (χ4n) is 0.997. The Morgan fingerprint density at radius 3 is 3.00 bits per heavy atom. The van der Waals surface area contributed by atoms with Gasteiger partial charge in [0.25, 0.3) is 0 Å². The molecule has 0 spiro atoms. The molecule has 0 aromatic carbocycles. The number of fused-ring (bicyclic) bond motifs is 1. The molecule has 0 amide bonds. The van der Waals surface area contributed by atoms with E-state index in [1.54, 1.807) is 12.3 Å². The number of anilines is 1. The third-order valence-corrected chi connectivity index (χ3v) is 1.50. The number of nitrogens with zero attached hydrogens (tertiary/aromatic N) is 3. The van der Waals surface area contributed by atoms with Gasteiger partial charge in [-0.15, -0.1) is 5.10 Å². The van der Waals surface area contributed by atoms with E-state index < -0.39 is 0 Å². The number of aromatic nitrogens is 3. The first-order valence-corrected chi connectivity index (χ1v) is 3.13. The molecular weight excluding hydrogens is 142 g/mol. The summed E-state index contributed by atoms with van der Waals surface area (Å²) in [6.45, 7) is 0. The van der Waals surface area contributed by atoms with Gasteiger partial charge in [0.1, 0.15) is 0 Å². The minimum Gasteiger partial charge on any atom is -0.382 e. The molecule has 11 heavy (non-hydrogen) atoms. The molecule has 2 rings (SSSR count).